The second-order valence-corrected chi connectivity index (χ2v) is 12.6. The number of amides is 3. The number of aromatic nitrogens is 1. The third-order valence-electron chi connectivity index (χ3n) is 7.81. The number of methoxy groups -OCH3 is 2. The number of thioether (sulfide) groups is 1. The van der Waals surface area contributed by atoms with Crippen molar-refractivity contribution in [2.75, 3.05) is 31.0 Å². The molecule has 1 N–H and O–H groups in total. The molecule has 1 fully saturated rings. The van der Waals surface area contributed by atoms with Crippen LogP contribution in [0.1, 0.15) is 33.6 Å². The minimum absolute atomic E-state index is 0.213. The van der Waals surface area contributed by atoms with Crippen LogP contribution < -0.4 is 24.6 Å². The highest BCUT2D eigenvalue weighted by atomic mass is 32.2. The third-order valence-corrected chi connectivity index (χ3v) is 10.4. The molecule has 0 bridgehead atoms. The van der Waals surface area contributed by atoms with Gasteiger partial charge in [-0.25, -0.2) is 9.69 Å². The number of anilines is 2. The van der Waals surface area contributed by atoms with E-state index in [1.165, 1.54) is 43.1 Å². The number of carbonyl (C=O) groups is 4. The highest BCUT2D eigenvalue weighted by Crippen LogP contribution is 2.54. The summed E-state index contributed by atoms with van der Waals surface area (Å²) in [4.78, 5) is 68.3. The molecule has 1 aromatic heterocycles. The molecule has 3 amide bonds. The van der Waals surface area contributed by atoms with Crippen LogP contribution in [-0.4, -0.2) is 54.3 Å². The van der Waals surface area contributed by atoms with Gasteiger partial charge in [-0.3, -0.25) is 23.7 Å². The molecule has 11 nitrogen and oxygen atoms in total. The van der Waals surface area contributed by atoms with Gasteiger partial charge in [0.05, 0.1) is 43.0 Å². The second kappa shape index (κ2) is 12.9. The number of ether oxygens (including phenoxy) is 3. The maximum Gasteiger partial charge on any atom is 0.338 e. The molecule has 3 heterocycles. The zero-order chi connectivity index (χ0) is 32.5. The summed E-state index contributed by atoms with van der Waals surface area (Å²) in [6.45, 7) is 1.64. The largest absolute Gasteiger partial charge is 0.493 e. The Morgan fingerprint density at radius 3 is 2.28 bits per heavy atom. The van der Waals surface area contributed by atoms with Crippen LogP contribution in [0.3, 0.4) is 0 Å². The number of imide groups is 1. The Balaban J connectivity index is 1.41. The average molecular weight is 660 g/mol. The molecule has 4 aromatic rings. The van der Waals surface area contributed by atoms with Gasteiger partial charge in [-0.1, -0.05) is 47.4 Å². The van der Waals surface area contributed by atoms with Gasteiger partial charge >= 0.3 is 10.8 Å². The van der Waals surface area contributed by atoms with Gasteiger partial charge in [-0.2, -0.15) is 0 Å². The number of nitrogens with zero attached hydrogens (tertiary/aromatic N) is 2. The van der Waals surface area contributed by atoms with Gasteiger partial charge in [-0.15, -0.1) is 0 Å². The normalized spacial score (nSPS) is 18.5. The molecular weight excluding hydrogens is 631 g/mol. The molecule has 0 spiro atoms. The summed E-state index contributed by atoms with van der Waals surface area (Å²) < 4.78 is 17.4. The molecule has 0 radical (unpaired) electrons. The summed E-state index contributed by atoms with van der Waals surface area (Å²) >= 11 is 2.07. The number of rotatable bonds is 9. The quantitative estimate of drug-likeness (QED) is 0.203. The van der Waals surface area contributed by atoms with Crippen LogP contribution >= 0.6 is 23.1 Å². The minimum atomic E-state index is -0.889. The number of fused-ring (bicyclic) bond motifs is 2. The summed E-state index contributed by atoms with van der Waals surface area (Å²) in [5, 5.41) is 2.37. The van der Waals surface area contributed by atoms with Crippen LogP contribution in [0.2, 0.25) is 0 Å². The standard InChI is InChI=1S/C33H29N3O8S2/c1-4-44-32(40)18-10-13-21(14-11-18)36-29(38)26-25(19-12-15-22(42-2)23(16-19)43-3)28-31(45-27(26)30(36)39)35(33(41)46-28)17-24(37)34-20-8-6-5-7-9-20/h5-16,25-27H,4,17H2,1-3H3,(H,34,37)/t25-,26-,27+/m0/s1. The van der Waals surface area contributed by atoms with Crippen molar-refractivity contribution >= 4 is 58.2 Å². The summed E-state index contributed by atoms with van der Waals surface area (Å²) in [5.41, 5.74) is 1.84. The molecule has 0 saturated carbocycles. The summed E-state index contributed by atoms with van der Waals surface area (Å²) in [7, 11) is 3.01. The first-order valence-electron chi connectivity index (χ1n) is 14.4. The lowest BCUT2D eigenvalue weighted by atomic mass is 9.83. The number of benzene rings is 3. The number of hydrogen-bond acceptors (Lipinski definition) is 10. The molecule has 0 unspecified atom stereocenters. The Hall–Kier alpha value is -4.88. The van der Waals surface area contributed by atoms with E-state index < -0.39 is 40.8 Å². The fourth-order valence-electron chi connectivity index (χ4n) is 5.74. The third kappa shape index (κ3) is 5.56. The number of hydrogen-bond donors (Lipinski definition) is 1. The topological polar surface area (TPSA) is 133 Å². The van der Waals surface area contributed by atoms with Crippen LogP contribution in [0.4, 0.5) is 11.4 Å². The fourth-order valence-corrected chi connectivity index (χ4v) is 8.52. The molecule has 3 atom stereocenters. The molecule has 1 saturated heterocycles. The summed E-state index contributed by atoms with van der Waals surface area (Å²) in [6.07, 6.45) is 0. The van der Waals surface area contributed by atoms with E-state index in [1.54, 1.807) is 49.4 Å². The molecule has 3 aromatic carbocycles. The Kier molecular flexibility index (Phi) is 8.69. The van der Waals surface area contributed by atoms with Crippen LogP contribution in [0.5, 0.6) is 11.5 Å². The van der Waals surface area contributed by atoms with Crippen molar-refractivity contribution in [3.8, 4) is 11.5 Å². The highest BCUT2D eigenvalue weighted by molar-refractivity contribution is 8.00. The Morgan fingerprint density at radius 1 is 0.891 bits per heavy atom. The van der Waals surface area contributed by atoms with Gasteiger partial charge in [0.2, 0.25) is 17.7 Å². The number of esters is 1. The van der Waals surface area contributed by atoms with Crippen molar-refractivity contribution < 1.29 is 33.4 Å². The van der Waals surface area contributed by atoms with E-state index >= 15 is 0 Å². The predicted molar refractivity (Wildman–Crippen MR) is 173 cm³/mol. The van der Waals surface area contributed by atoms with E-state index in [1.807, 2.05) is 6.07 Å². The number of thiazole rings is 1. The summed E-state index contributed by atoms with van der Waals surface area (Å²) in [5.74, 6) is -2.47. The van der Waals surface area contributed by atoms with Crippen LogP contribution in [0.25, 0.3) is 0 Å². The average Bonchev–Trinajstić information content (AvgIpc) is 3.51. The first kappa shape index (κ1) is 31.1. The molecule has 2 aliphatic rings. The van der Waals surface area contributed by atoms with Crippen molar-refractivity contribution in [3.63, 3.8) is 0 Å². The monoisotopic (exact) mass is 659 g/mol. The van der Waals surface area contributed by atoms with Gasteiger partial charge < -0.3 is 19.5 Å². The Bertz CT molecular complexity index is 1890. The lowest BCUT2D eigenvalue weighted by Gasteiger charge is -2.31. The van der Waals surface area contributed by atoms with Gasteiger partial charge in [0.1, 0.15) is 11.8 Å². The molecule has 6 rings (SSSR count). The molecule has 0 aliphatic carbocycles. The van der Waals surface area contributed by atoms with Crippen LogP contribution in [0, 0.1) is 5.92 Å². The Morgan fingerprint density at radius 2 is 1.61 bits per heavy atom. The predicted octanol–water partition coefficient (Wildman–Crippen LogP) is 4.54. The molecule has 236 valence electrons. The lowest BCUT2D eigenvalue weighted by molar-refractivity contribution is -0.122. The Labute approximate surface area is 272 Å². The second-order valence-electron chi connectivity index (χ2n) is 10.5. The first-order valence-corrected chi connectivity index (χ1v) is 16.1. The van der Waals surface area contributed by atoms with Crippen molar-refractivity contribution in [1.82, 2.24) is 4.57 Å². The number of para-hydroxylation sites is 1. The van der Waals surface area contributed by atoms with E-state index in [2.05, 4.69) is 5.32 Å². The number of nitrogens with one attached hydrogen (secondary N) is 1. The van der Waals surface area contributed by atoms with E-state index in [4.69, 9.17) is 14.2 Å². The lowest BCUT2D eigenvalue weighted by Crippen LogP contribution is -2.33. The zero-order valence-electron chi connectivity index (χ0n) is 25.1. The van der Waals surface area contributed by atoms with E-state index in [0.29, 0.717) is 43.9 Å². The molecule has 2 aliphatic heterocycles. The van der Waals surface area contributed by atoms with Gasteiger partial charge in [0, 0.05) is 16.5 Å². The van der Waals surface area contributed by atoms with Crippen molar-refractivity contribution in [1.29, 1.82) is 0 Å². The fraction of sp³-hybridized carbons (Fsp3) is 0.242. The minimum Gasteiger partial charge on any atom is -0.493 e. The zero-order valence-corrected chi connectivity index (χ0v) is 26.7. The van der Waals surface area contributed by atoms with E-state index in [-0.39, 0.29) is 18.0 Å². The van der Waals surface area contributed by atoms with Gasteiger partial charge in [0.25, 0.3) is 0 Å². The van der Waals surface area contributed by atoms with Crippen LogP contribution in [0.15, 0.2) is 82.6 Å². The van der Waals surface area contributed by atoms with Gasteiger partial charge in [-0.05, 0) is 61.0 Å². The maximum absolute atomic E-state index is 14.2. The molecule has 46 heavy (non-hydrogen) atoms. The SMILES string of the molecule is CCOC(=O)c1ccc(N2C(=O)[C@H]3[C@H](c4ccc(OC)c(OC)c4)c4sc(=O)n(CC(=O)Nc5ccccc5)c4S[C@H]3C2=O)cc1. The smallest absolute Gasteiger partial charge is 0.338 e. The summed E-state index contributed by atoms with van der Waals surface area (Å²) in [6, 6.07) is 20.2. The van der Waals surface area contributed by atoms with Crippen molar-refractivity contribution in [2.24, 2.45) is 5.92 Å². The van der Waals surface area contributed by atoms with Crippen LogP contribution in [-0.2, 0) is 25.7 Å². The van der Waals surface area contributed by atoms with E-state index in [9.17, 15) is 24.0 Å². The first-order chi connectivity index (χ1) is 22.2. The number of carbonyl (C=O) groups excluding carboxylic acids is 4. The molecule has 13 heteroatoms. The van der Waals surface area contributed by atoms with Gasteiger partial charge in [0.15, 0.2) is 11.5 Å². The van der Waals surface area contributed by atoms with Crippen molar-refractivity contribution in [3.05, 3.63) is 98.5 Å². The van der Waals surface area contributed by atoms with Crippen molar-refractivity contribution in [2.45, 2.75) is 29.7 Å². The van der Waals surface area contributed by atoms with E-state index in [0.717, 1.165) is 28.0 Å². The maximum atomic E-state index is 14.2. The molecular formula is C33H29N3O8S2. The highest BCUT2D eigenvalue weighted by Gasteiger charge is 2.57.